The molecule has 1 aliphatic rings. The molecule has 0 spiro atoms. The summed E-state index contributed by atoms with van der Waals surface area (Å²) in [5.74, 6) is -2.67. The molecule has 2 aromatic carbocycles. The third kappa shape index (κ3) is 4.63. The summed E-state index contributed by atoms with van der Waals surface area (Å²) in [5, 5.41) is 23.7. The van der Waals surface area contributed by atoms with Gasteiger partial charge >= 0.3 is 59.1 Å². The first-order valence-corrected chi connectivity index (χ1v) is 7.70. The van der Waals surface area contributed by atoms with Crippen LogP contribution in [0.25, 0.3) is 10.8 Å². The molecular weight excluding hydrogens is 430 g/mol. The average Bonchev–Trinajstić information content (AvgIpc) is 3.01. The maximum absolute atomic E-state index is 11.0. The fourth-order valence-electron chi connectivity index (χ4n) is 2.55. The zero-order chi connectivity index (χ0) is 17.4. The smallest absolute Gasteiger partial charge is 0.547 e. The molecule has 0 saturated carbocycles. The van der Waals surface area contributed by atoms with E-state index < -0.39 is 30.4 Å². The minimum absolute atomic E-state index is 0. The van der Waals surface area contributed by atoms with Gasteiger partial charge in [0.2, 0.25) is 0 Å². The van der Waals surface area contributed by atoms with Crippen LogP contribution >= 0.6 is 15.9 Å². The van der Waals surface area contributed by atoms with E-state index in [1.807, 2.05) is 6.07 Å². The second kappa shape index (κ2) is 9.86. The summed E-state index contributed by atoms with van der Waals surface area (Å²) in [6.07, 6.45) is -4.59. The Bertz CT molecular complexity index is 808. The molecule has 1 fully saturated rings. The summed E-state index contributed by atoms with van der Waals surface area (Å²) >= 11 is 3.45. The number of carbonyl (C=O) groups is 2. The molecule has 3 rings (SSSR count). The molecule has 2 atom stereocenters. The number of carboxylic acids is 2. The van der Waals surface area contributed by atoms with E-state index in [1.165, 1.54) is 0 Å². The average molecular weight is 441 g/mol. The molecule has 1 saturated heterocycles. The van der Waals surface area contributed by atoms with Gasteiger partial charge in [0.1, 0.15) is 18.0 Å². The number of ether oxygens (including phenoxy) is 3. The number of hydrogen-bond donors (Lipinski definition) is 0. The molecule has 0 N–H and O–H groups in total. The van der Waals surface area contributed by atoms with Crippen LogP contribution in [0.3, 0.4) is 0 Å². The molecule has 1 heterocycles. The number of hydrogen-bond acceptors (Lipinski definition) is 7. The fraction of sp³-hybridized carbons (Fsp3) is 0.250. The normalized spacial score (nSPS) is 19.5. The van der Waals surface area contributed by atoms with Crippen LogP contribution < -0.4 is 74.1 Å². The molecule has 0 bridgehead atoms. The summed E-state index contributed by atoms with van der Waals surface area (Å²) in [6, 6.07) is 8.71. The molecule has 0 amide bonds. The largest absolute Gasteiger partial charge is 1.00 e. The first-order valence-electron chi connectivity index (χ1n) is 6.91. The number of halogens is 1. The van der Waals surface area contributed by atoms with Gasteiger partial charge in [-0.15, -0.1) is 0 Å². The predicted octanol–water partition coefficient (Wildman–Crippen LogP) is -6.10. The predicted molar refractivity (Wildman–Crippen MR) is 80.7 cm³/mol. The van der Waals surface area contributed by atoms with E-state index in [-0.39, 0.29) is 59.1 Å². The van der Waals surface area contributed by atoms with Crippen LogP contribution in [0.15, 0.2) is 34.8 Å². The molecule has 10 heteroatoms. The van der Waals surface area contributed by atoms with Gasteiger partial charge < -0.3 is 34.0 Å². The molecule has 1 aliphatic heterocycles. The number of aliphatic carboxylic acids is 2. The third-order valence-electron chi connectivity index (χ3n) is 3.71. The molecule has 0 aliphatic carbocycles. The molecule has 26 heavy (non-hydrogen) atoms. The van der Waals surface area contributed by atoms with Crippen LogP contribution in [-0.2, 0) is 19.1 Å². The molecular formula is C16H11BrNa2O7. The standard InChI is InChI=1S/C16H13BrO7.2Na/c1-22-10-5-3-7-6-8(2-4-9(7)11(10)17)16-23-12(14(18)19)13(24-16)15(20)21;;/h2-6,12-13,16H,1H3,(H,18,19)(H,20,21);;/q;2*+1/p-2/t12-,13-;;/m1../s1. The number of fused-ring (bicyclic) bond motifs is 1. The van der Waals surface area contributed by atoms with E-state index in [0.29, 0.717) is 11.3 Å². The third-order valence-corrected chi connectivity index (χ3v) is 4.53. The van der Waals surface area contributed by atoms with Crippen molar-refractivity contribution in [2.45, 2.75) is 18.5 Å². The van der Waals surface area contributed by atoms with E-state index in [2.05, 4.69) is 15.9 Å². The quantitative estimate of drug-likeness (QED) is 0.435. The van der Waals surface area contributed by atoms with Crippen LogP contribution in [0, 0.1) is 0 Å². The Balaban J connectivity index is 0.00000169. The summed E-state index contributed by atoms with van der Waals surface area (Å²) in [6.45, 7) is 0. The number of benzene rings is 2. The van der Waals surface area contributed by atoms with Gasteiger partial charge in [-0.2, -0.15) is 0 Å². The Morgan fingerprint density at radius 3 is 2.12 bits per heavy atom. The molecule has 7 nitrogen and oxygen atoms in total. The van der Waals surface area contributed by atoms with Crippen molar-refractivity contribution in [3.63, 3.8) is 0 Å². The van der Waals surface area contributed by atoms with Crippen molar-refractivity contribution >= 4 is 38.6 Å². The van der Waals surface area contributed by atoms with Crippen LogP contribution in [0.4, 0.5) is 0 Å². The second-order valence-electron chi connectivity index (χ2n) is 5.15. The second-order valence-corrected chi connectivity index (χ2v) is 5.94. The minimum atomic E-state index is -1.72. The van der Waals surface area contributed by atoms with Gasteiger partial charge in [-0.1, -0.05) is 18.2 Å². The van der Waals surface area contributed by atoms with Crippen LogP contribution in [0.2, 0.25) is 0 Å². The van der Waals surface area contributed by atoms with E-state index in [1.54, 1.807) is 31.4 Å². The van der Waals surface area contributed by atoms with Gasteiger partial charge in [0.25, 0.3) is 0 Å². The van der Waals surface area contributed by atoms with Crippen LogP contribution in [0.1, 0.15) is 11.9 Å². The van der Waals surface area contributed by atoms with E-state index in [0.717, 1.165) is 15.2 Å². The SMILES string of the molecule is COc1ccc2cc(C3O[C@@H](C(=O)[O-])[C@H](C(=O)[O-])O3)ccc2c1Br.[Na+].[Na+]. The minimum Gasteiger partial charge on any atom is -0.547 e. The van der Waals surface area contributed by atoms with Gasteiger partial charge in [-0.05, 0) is 38.8 Å². The first-order chi connectivity index (χ1) is 11.4. The topological polar surface area (TPSA) is 108 Å². The Morgan fingerprint density at radius 2 is 1.62 bits per heavy atom. The van der Waals surface area contributed by atoms with Crippen molar-refractivity contribution in [2.75, 3.05) is 7.11 Å². The number of rotatable bonds is 4. The van der Waals surface area contributed by atoms with E-state index in [4.69, 9.17) is 14.2 Å². The van der Waals surface area contributed by atoms with Crippen LogP contribution in [0.5, 0.6) is 5.75 Å². The molecule has 2 aromatic rings. The van der Waals surface area contributed by atoms with Gasteiger partial charge in [-0.25, -0.2) is 0 Å². The van der Waals surface area contributed by atoms with Crippen molar-refractivity contribution < 1.29 is 93.1 Å². The summed E-state index contributed by atoms with van der Waals surface area (Å²) in [5.41, 5.74) is 0.481. The maximum atomic E-state index is 11.0. The number of carboxylic acid groups (broad SMARTS) is 2. The monoisotopic (exact) mass is 440 g/mol. The van der Waals surface area contributed by atoms with Gasteiger partial charge in [0.05, 0.1) is 23.5 Å². The van der Waals surface area contributed by atoms with E-state index in [9.17, 15) is 19.8 Å². The van der Waals surface area contributed by atoms with Crippen molar-refractivity contribution in [1.29, 1.82) is 0 Å². The number of methoxy groups -OCH3 is 1. The summed E-state index contributed by atoms with van der Waals surface area (Å²) in [7, 11) is 1.56. The Kier molecular flexibility index (Phi) is 9.06. The summed E-state index contributed by atoms with van der Waals surface area (Å²) < 4.78 is 16.3. The van der Waals surface area contributed by atoms with Crippen molar-refractivity contribution in [3.05, 3.63) is 40.4 Å². The maximum Gasteiger partial charge on any atom is 1.00 e. The van der Waals surface area contributed by atoms with E-state index >= 15 is 0 Å². The molecule has 0 radical (unpaired) electrons. The molecule has 0 unspecified atom stereocenters. The van der Waals surface area contributed by atoms with Crippen LogP contribution in [-0.4, -0.2) is 31.3 Å². The zero-order valence-corrected chi connectivity index (χ0v) is 19.9. The Hall–Kier alpha value is -0.160. The Labute approximate surface area is 201 Å². The Morgan fingerprint density at radius 1 is 1.04 bits per heavy atom. The first kappa shape index (κ1) is 23.9. The van der Waals surface area contributed by atoms with Gasteiger partial charge in [0.15, 0.2) is 6.29 Å². The van der Waals surface area contributed by atoms with Crippen molar-refractivity contribution in [1.82, 2.24) is 0 Å². The molecule has 126 valence electrons. The van der Waals surface area contributed by atoms with Gasteiger partial charge in [-0.3, -0.25) is 0 Å². The fourth-order valence-corrected chi connectivity index (χ4v) is 3.21. The summed E-state index contributed by atoms with van der Waals surface area (Å²) in [4.78, 5) is 22.0. The zero-order valence-electron chi connectivity index (χ0n) is 14.4. The van der Waals surface area contributed by atoms with Crippen molar-refractivity contribution in [2.24, 2.45) is 0 Å². The van der Waals surface area contributed by atoms with Crippen molar-refractivity contribution in [3.8, 4) is 5.75 Å². The number of carbonyl (C=O) groups excluding carboxylic acids is 2. The van der Waals surface area contributed by atoms with Gasteiger partial charge in [0, 0.05) is 5.56 Å². The molecule has 0 aromatic heterocycles.